The standard InChI is InChI=1S/C11H17ClN2O2/c1-5-9(11(15)16-6-2)14-8(4)10(12)7(3)13-14/h9H,5-6H2,1-4H3/t9-/m1/s1. The van der Waals surface area contributed by atoms with Crippen molar-refractivity contribution in [3.05, 3.63) is 16.4 Å². The minimum Gasteiger partial charge on any atom is -0.464 e. The first-order valence-electron chi connectivity index (χ1n) is 5.40. The highest BCUT2D eigenvalue weighted by molar-refractivity contribution is 6.31. The first-order valence-corrected chi connectivity index (χ1v) is 5.78. The Morgan fingerprint density at radius 1 is 1.50 bits per heavy atom. The van der Waals surface area contributed by atoms with Crippen molar-refractivity contribution in [3.63, 3.8) is 0 Å². The van der Waals surface area contributed by atoms with Gasteiger partial charge in [-0.1, -0.05) is 18.5 Å². The van der Waals surface area contributed by atoms with Crippen LogP contribution in [0.3, 0.4) is 0 Å². The van der Waals surface area contributed by atoms with Gasteiger partial charge in [0, 0.05) is 0 Å². The third-order valence-corrected chi connectivity index (χ3v) is 3.02. The van der Waals surface area contributed by atoms with Gasteiger partial charge in [-0.05, 0) is 27.2 Å². The highest BCUT2D eigenvalue weighted by Crippen LogP contribution is 2.24. The molecule has 16 heavy (non-hydrogen) atoms. The molecule has 0 aromatic carbocycles. The molecule has 1 atom stereocenters. The molecule has 5 heteroatoms. The number of hydrogen-bond donors (Lipinski definition) is 0. The van der Waals surface area contributed by atoms with E-state index < -0.39 is 0 Å². The molecule has 0 aliphatic heterocycles. The van der Waals surface area contributed by atoms with E-state index in [2.05, 4.69) is 5.10 Å². The Morgan fingerprint density at radius 2 is 2.12 bits per heavy atom. The van der Waals surface area contributed by atoms with E-state index in [9.17, 15) is 4.79 Å². The van der Waals surface area contributed by atoms with Crippen molar-refractivity contribution in [2.45, 2.75) is 40.2 Å². The molecule has 0 bridgehead atoms. The molecule has 1 aromatic heterocycles. The lowest BCUT2D eigenvalue weighted by Gasteiger charge is -2.15. The molecule has 0 radical (unpaired) electrons. The Hall–Kier alpha value is -1.03. The van der Waals surface area contributed by atoms with Gasteiger partial charge in [-0.25, -0.2) is 4.79 Å². The molecule has 1 heterocycles. The summed E-state index contributed by atoms with van der Waals surface area (Å²) in [5.74, 6) is -0.257. The average Bonchev–Trinajstić information content (AvgIpc) is 2.48. The van der Waals surface area contributed by atoms with Crippen LogP contribution in [-0.4, -0.2) is 22.4 Å². The second kappa shape index (κ2) is 5.34. The van der Waals surface area contributed by atoms with Gasteiger partial charge in [0.05, 0.1) is 23.0 Å². The van der Waals surface area contributed by atoms with E-state index in [4.69, 9.17) is 16.3 Å². The van der Waals surface area contributed by atoms with Crippen molar-refractivity contribution < 1.29 is 9.53 Å². The number of ether oxygens (including phenoxy) is 1. The molecule has 0 spiro atoms. The summed E-state index contributed by atoms with van der Waals surface area (Å²) in [6.45, 7) is 7.76. The number of esters is 1. The largest absolute Gasteiger partial charge is 0.464 e. The van der Waals surface area contributed by atoms with Gasteiger partial charge in [-0.3, -0.25) is 4.68 Å². The van der Waals surface area contributed by atoms with E-state index in [0.717, 1.165) is 11.4 Å². The summed E-state index contributed by atoms with van der Waals surface area (Å²) < 4.78 is 6.66. The van der Waals surface area contributed by atoms with Gasteiger partial charge in [-0.2, -0.15) is 5.10 Å². The van der Waals surface area contributed by atoms with Crippen molar-refractivity contribution in [3.8, 4) is 0 Å². The molecule has 0 saturated heterocycles. The van der Waals surface area contributed by atoms with Crippen LogP contribution in [0.2, 0.25) is 5.02 Å². The number of hydrogen-bond acceptors (Lipinski definition) is 3. The fraction of sp³-hybridized carbons (Fsp3) is 0.636. The molecule has 0 aliphatic rings. The van der Waals surface area contributed by atoms with Crippen molar-refractivity contribution in [2.75, 3.05) is 6.61 Å². The highest BCUT2D eigenvalue weighted by Gasteiger charge is 2.24. The lowest BCUT2D eigenvalue weighted by atomic mass is 10.2. The molecule has 90 valence electrons. The van der Waals surface area contributed by atoms with E-state index in [1.165, 1.54) is 0 Å². The van der Waals surface area contributed by atoms with Crippen LogP contribution in [0.4, 0.5) is 0 Å². The van der Waals surface area contributed by atoms with Gasteiger partial charge in [0.2, 0.25) is 0 Å². The summed E-state index contributed by atoms with van der Waals surface area (Å²) in [7, 11) is 0. The number of carbonyl (C=O) groups is 1. The monoisotopic (exact) mass is 244 g/mol. The molecule has 0 N–H and O–H groups in total. The number of aromatic nitrogens is 2. The third kappa shape index (κ3) is 2.38. The van der Waals surface area contributed by atoms with Crippen LogP contribution in [0.5, 0.6) is 0 Å². The number of aryl methyl sites for hydroxylation is 1. The Morgan fingerprint density at radius 3 is 2.50 bits per heavy atom. The maximum absolute atomic E-state index is 11.7. The fourth-order valence-electron chi connectivity index (χ4n) is 1.62. The molecule has 1 aromatic rings. The Bertz CT molecular complexity index is 388. The maximum atomic E-state index is 11.7. The van der Waals surface area contributed by atoms with Gasteiger partial charge in [-0.15, -0.1) is 0 Å². The first kappa shape index (κ1) is 13.0. The minimum absolute atomic E-state index is 0.257. The molecule has 4 nitrogen and oxygen atoms in total. The quantitative estimate of drug-likeness (QED) is 0.765. The normalized spacial score (nSPS) is 12.6. The highest BCUT2D eigenvalue weighted by atomic mass is 35.5. The number of carbonyl (C=O) groups excluding carboxylic acids is 1. The molecule has 0 amide bonds. The van der Waals surface area contributed by atoms with Crippen molar-refractivity contribution in [1.29, 1.82) is 0 Å². The van der Waals surface area contributed by atoms with Crippen LogP contribution in [0.15, 0.2) is 0 Å². The van der Waals surface area contributed by atoms with Gasteiger partial charge >= 0.3 is 5.97 Å². The van der Waals surface area contributed by atoms with Crippen LogP contribution in [0.25, 0.3) is 0 Å². The second-order valence-corrected chi connectivity index (χ2v) is 3.98. The minimum atomic E-state index is -0.383. The van der Waals surface area contributed by atoms with Crippen LogP contribution in [0.1, 0.15) is 37.7 Å². The van der Waals surface area contributed by atoms with Gasteiger partial charge in [0.1, 0.15) is 6.04 Å². The fourth-order valence-corrected chi connectivity index (χ4v) is 1.75. The van der Waals surface area contributed by atoms with Crippen LogP contribution >= 0.6 is 11.6 Å². The number of rotatable bonds is 4. The van der Waals surface area contributed by atoms with E-state index in [0.29, 0.717) is 18.1 Å². The van der Waals surface area contributed by atoms with E-state index >= 15 is 0 Å². The van der Waals surface area contributed by atoms with Crippen molar-refractivity contribution in [2.24, 2.45) is 0 Å². The summed E-state index contributed by atoms with van der Waals surface area (Å²) in [6.07, 6.45) is 0.636. The Kier molecular flexibility index (Phi) is 4.35. The smallest absolute Gasteiger partial charge is 0.330 e. The summed E-state index contributed by atoms with van der Waals surface area (Å²) in [4.78, 5) is 11.7. The van der Waals surface area contributed by atoms with Crippen LogP contribution in [0, 0.1) is 13.8 Å². The third-order valence-electron chi connectivity index (χ3n) is 2.48. The van der Waals surface area contributed by atoms with Gasteiger partial charge in [0.15, 0.2) is 0 Å². The van der Waals surface area contributed by atoms with E-state index in [1.54, 1.807) is 11.6 Å². The average molecular weight is 245 g/mol. The van der Waals surface area contributed by atoms with Gasteiger partial charge in [0.25, 0.3) is 0 Å². The zero-order valence-electron chi connectivity index (χ0n) is 10.1. The summed E-state index contributed by atoms with van der Waals surface area (Å²) >= 11 is 6.05. The molecular weight excluding hydrogens is 228 g/mol. The van der Waals surface area contributed by atoms with Crippen molar-refractivity contribution >= 4 is 17.6 Å². The summed E-state index contributed by atoms with van der Waals surface area (Å²) in [5, 5.41) is 4.88. The Labute approximate surface area is 101 Å². The SMILES string of the molecule is CCOC(=O)[C@@H](CC)n1nc(C)c(Cl)c1C. The first-order chi connectivity index (χ1) is 7.52. The van der Waals surface area contributed by atoms with E-state index in [-0.39, 0.29) is 12.0 Å². The predicted octanol–water partition coefficient (Wildman–Crippen LogP) is 2.67. The molecule has 0 fully saturated rings. The molecule has 0 aliphatic carbocycles. The van der Waals surface area contributed by atoms with E-state index in [1.807, 2.05) is 20.8 Å². The number of halogens is 1. The molecule has 0 unspecified atom stereocenters. The number of nitrogens with zero attached hydrogens (tertiary/aromatic N) is 2. The van der Waals surface area contributed by atoms with Crippen molar-refractivity contribution in [1.82, 2.24) is 9.78 Å². The zero-order valence-corrected chi connectivity index (χ0v) is 10.8. The predicted molar refractivity (Wildman–Crippen MR) is 62.7 cm³/mol. The molecule has 0 saturated carbocycles. The maximum Gasteiger partial charge on any atom is 0.330 e. The Balaban J connectivity index is 3.04. The lowest BCUT2D eigenvalue weighted by Crippen LogP contribution is -2.23. The van der Waals surface area contributed by atoms with Crippen LogP contribution in [-0.2, 0) is 9.53 Å². The lowest BCUT2D eigenvalue weighted by molar-refractivity contribution is -0.147. The molecule has 1 rings (SSSR count). The van der Waals surface area contributed by atoms with Crippen LogP contribution < -0.4 is 0 Å². The van der Waals surface area contributed by atoms with Gasteiger partial charge < -0.3 is 4.74 Å². The topological polar surface area (TPSA) is 44.1 Å². The molecular formula is C11H17ClN2O2. The summed E-state index contributed by atoms with van der Waals surface area (Å²) in [5.41, 5.74) is 1.54. The second-order valence-electron chi connectivity index (χ2n) is 3.61. The summed E-state index contributed by atoms with van der Waals surface area (Å²) in [6, 6.07) is -0.383. The zero-order chi connectivity index (χ0) is 12.3.